The molecule has 2 aromatic carbocycles. The molecule has 0 spiro atoms. The van der Waals surface area contributed by atoms with Gasteiger partial charge in [-0.15, -0.1) is 0 Å². The van der Waals surface area contributed by atoms with E-state index in [2.05, 4.69) is 5.10 Å². The number of nitrogens with zero attached hydrogens (tertiary/aromatic N) is 3. The van der Waals surface area contributed by atoms with E-state index in [0.717, 1.165) is 23.8 Å². The van der Waals surface area contributed by atoms with Gasteiger partial charge in [0.2, 0.25) is 0 Å². The maximum atomic E-state index is 14.6. The highest BCUT2D eigenvalue weighted by atomic mass is 32.2. The molecule has 0 aliphatic carbocycles. The van der Waals surface area contributed by atoms with Crippen LogP contribution in [0, 0.1) is 11.6 Å². The molecule has 6 nitrogen and oxygen atoms in total. The average Bonchev–Trinajstić information content (AvgIpc) is 3.18. The number of ether oxygens (including phenoxy) is 1. The Labute approximate surface area is 185 Å². The summed E-state index contributed by atoms with van der Waals surface area (Å²) < 4.78 is 33.5. The van der Waals surface area contributed by atoms with Crippen molar-refractivity contribution in [3.05, 3.63) is 71.3 Å². The third kappa shape index (κ3) is 4.89. The second kappa shape index (κ2) is 10.2. The Morgan fingerprint density at radius 2 is 2.00 bits per heavy atom. The van der Waals surface area contributed by atoms with Gasteiger partial charge >= 0.3 is 6.03 Å². The molecule has 9 heteroatoms. The number of likely N-dealkylation sites (N-methyl/N-ethyl adjacent to an activating group) is 1. The Balaban J connectivity index is 2.10. The van der Waals surface area contributed by atoms with Crippen molar-refractivity contribution in [1.29, 1.82) is 0 Å². The fraction of sp³-hybridized carbons (Fsp3) is 0.364. The number of hydrogen-bond acceptors (Lipinski definition) is 5. The summed E-state index contributed by atoms with van der Waals surface area (Å²) in [6.07, 6.45) is 1.11. The minimum Gasteiger partial charge on any atom is -0.383 e. The summed E-state index contributed by atoms with van der Waals surface area (Å²) in [5.74, 6) is -1.18. The van der Waals surface area contributed by atoms with Gasteiger partial charge in [0.1, 0.15) is 21.5 Å². The molecule has 166 valence electrons. The number of carbonyl (C=O) groups excluding carboxylic acids is 1. The fourth-order valence-corrected chi connectivity index (χ4v) is 4.79. The summed E-state index contributed by atoms with van der Waals surface area (Å²) in [4.78, 5) is 14.0. The largest absolute Gasteiger partial charge is 0.383 e. The topological polar surface area (TPSA) is 71.2 Å². The van der Waals surface area contributed by atoms with Crippen LogP contribution in [0.5, 0.6) is 0 Å². The zero-order valence-electron chi connectivity index (χ0n) is 17.6. The number of benzene rings is 2. The van der Waals surface area contributed by atoms with Crippen molar-refractivity contribution < 1.29 is 18.3 Å². The minimum atomic E-state index is -0.937. The molecule has 1 atom stereocenters. The number of hydrazone groups is 1. The Morgan fingerprint density at radius 3 is 2.68 bits per heavy atom. The molecule has 3 rings (SSSR count). The van der Waals surface area contributed by atoms with Crippen LogP contribution in [0.25, 0.3) is 0 Å². The molecule has 0 fully saturated rings. The van der Waals surface area contributed by atoms with Crippen molar-refractivity contribution in [1.82, 2.24) is 9.91 Å². The van der Waals surface area contributed by atoms with Gasteiger partial charge in [0.15, 0.2) is 0 Å². The molecule has 31 heavy (non-hydrogen) atoms. The third-order valence-electron chi connectivity index (χ3n) is 5.04. The predicted octanol–water partition coefficient (Wildman–Crippen LogP) is 3.97. The molecule has 2 aromatic rings. The van der Waals surface area contributed by atoms with Crippen molar-refractivity contribution in [2.24, 2.45) is 10.8 Å². The number of halogens is 2. The summed E-state index contributed by atoms with van der Waals surface area (Å²) >= 11 is 1.24. The lowest BCUT2D eigenvalue weighted by molar-refractivity contribution is 0.115. The van der Waals surface area contributed by atoms with Crippen LogP contribution in [0.3, 0.4) is 0 Å². The molecule has 1 aliphatic rings. The molecule has 0 saturated carbocycles. The molecule has 2 amide bonds. The molecular formula is C22H26F2N4O2S. The Kier molecular flexibility index (Phi) is 7.64. The summed E-state index contributed by atoms with van der Waals surface area (Å²) in [5.41, 5.74) is 6.65. The number of carbonyl (C=O) groups is 1. The van der Waals surface area contributed by atoms with Crippen LogP contribution < -0.4 is 5.73 Å². The van der Waals surface area contributed by atoms with E-state index in [0.29, 0.717) is 32.5 Å². The van der Waals surface area contributed by atoms with Crippen LogP contribution in [-0.2, 0) is 9.61 Å². The molecule has 1 aliphatic heterocycles. The maximum Gasteiger partial charge on any atom is 0.341 e. The number of amides is 2. The number of methoxy groups -OCH3 is 1. The van der Waals surface area contributed by atoms with E-state index >= 15 is 0 Å². The van der Waals surface area contributed by atoms with Crippen LogP contribution >= 0.6 is 11.8 Å². The van der Waals surface area contributed by atoms with Gasteiger partial charge in [0, 0.05) is 26.3 Å². The van der Waals surface area contributed by atoms with Crippen molar-refractivity contribution in [2.45, 2.75) is 17.7 Å². The quantitative estimate of drug-likeness (QED) is 0.664. The molecule has 0 radical (unpaired) electrons. The van der Waals surface area contributed by atoms with E-state index in [1.807, 2.05) is 30.3 Å². The van der Waals surface area contributed by atoms with Gasteiger partial charge in [-0.3, -0.25) is 0 Å². The SMILES string of the molecule is COCCN(C)C(=O)N1N=C(c2cc(F)ccc2F)SC1(CCCN)c1ccccc1. The molecule has 2 N–H and O–H groups in total. The van der Waals surface area contributed by atoms with Crippen molar-refractivity contribution in [2.75, 3.05) is 33.9 Å². The molecule has 0 bridgehead atoms. The highest BCUT2D eigenvalue weighted by Gasteiger charge is 2.49. The van der Waals surface area contributed by atoms with E-state index in [1.54, 1.807) is 14.2 Å². The van der Waals surface area contributed by atoms with Gasteiger partial charge in [0.25, 0.3) is 0 Å². The first-order valence-electron chi connectivity index (χ1n) is 9.96. The standard InChI is InChI=1S/C22H26F2N4O2S/c1-27(13-14-30-2)21(29)28-22(11-6-12-25,16-7-4-3-5-8-16)31-20(26-28)18-15-17(23)9-10-19(18)24/h3-5,7-10,15H,6,11-14,25H2,1-2H3. The zero-order valence-corrected chi connectivity index (χ0v) is 18.4. The van der Waals surface area contributed by atoms with E-state index in [-0.39, 0.29) is 16.6 Å². The molecule has 0 aromatic heterocycles. The molecule has 0 saturated heterocycles. The Hall–Kier alpha value is -2.49. The zero-order chi connectivity index (χ0) is 22.4. The lowest BCUT2D eigenvalue weighted by Crippen LogP contribution is -2.48. The van der Waals surface area contributed by atoms with Gasteiger partial charge in [-0.1, -0.05) is 42.1 Å². The van der Waals surface area contributed by atoms with E-state index in [4.69, 9.17) is 10.5 Å². The van der Waals surface area contributed by atoms with Crippen LogP contribution in [0.15, 0.2) is 53.6 Å². The number of rotatable bonds is 8. The number of nitrogens with two attached hydrogens (primary N) is 1. The van der Waals surface area contributed by atoms with E-state index < -0.39 is 16.5 Å². The summed E-state index contributed by atoms with van der Waals surface area (Å²) in [6, 6.07) is 12.3. The number of urea groups is 1. The maximum absolute atomic E-state index is 14.6. The van der Waals surface area contributed by atoms with Gasteiger partial charge in [-0.25, -0.2) is 13.6 Å². The lowest BCUT2D eigenvalue weighted by atomic mass is 10.0. The first kappa shape index (κ1) is 23.2. The van der Waals surface area contributed by atoms with Gasteiger partial charge in [-0.2, -0.15) is 10.1 Å². The van der Waals surface area contributed by atoms with E-state index in [9.17, 15) is 13.6 Å². The van der Waals surface area contributed by atoms with Gasteiger partial charge in [-0.05, 0) is 43.1 Å². The average molecular weight is 449 g/mol. The van der Waals surface area contributed by atoms with Crippen molar-refractivity contribution in [3.8, 4) is 0 Å². The lowest BCUT2D eigenvalue weighted by Gasteiger charge is -2.37. The van der Waals surface area contributed by atoms with Crippen LogP contribution in [0.2, 0.25) is 0 Å². The third-order valence-corrected chi connectivity index (χ3v) is 6.49. The van der Waals surface area contributed by atoms with Crippen LogP contribution in [0.4, 0.5) is 13.6 Å². The second-order valence-corrected chi connectivity index (χ2v) is 8.45. The molecular weight excluding hydrogens is 422 g/mol. The predicted molar refractivity (Wildman–Crippen MR) is 119 cm³/mol. The summed E-state index contributed by atoms with van der Waals surface area (Å²) in [7, 11) is 3.21. The Bertz CT molecular complexity index is 944. The van der Waals surface area contributed by atoms with Gasteiger partial charge in [0.05, 0.1) is 6.61 Å². The van der Waals surface area contributed by atoms with Crippen molar-refractivity contribution >= 4 is 22.8 Å². The molecule has 1 unspecified atom stereocenters. The monoisotopic (exact) mass is 448 g/mol. The first-order chi connectivity index (χ1) is 14.9. The normalized spacial score (nSPS) is 18.2. The minimum absolute atomic E-state index is 0.0212. The number of hydrogen-bond donors (Lipinski definition) is 1. The Morgan fingerprint density at radius 1 is 1.26 bits per heavy atom. The smallest absolute Gasteiger partial charge is 0.341 e. The number of thioether (sulfide) groups is 1. The van der Waals surface area contributed by atoms with E-state index in [1.165, 1.54) is 21.7 Å². The summed E-state index contributed by atoms with van der Waals surface area (Å²) in [6.45, 7) is 1.14. The van der Waals surface area contributed by atoms with Crippen LogP contribution in [-0.4, -0.2) is 54.8 Å². The summed E-state index contributed by atoms with van der Waals surface area (Å²) in [5, 5.41) is 6.12. The highest BCUT2D eigenvalue weighted by Crippen LogP contribution is 2.50. The van der Waals surface area contributed by atoms with Crippen molar-refractivity contribution in [3.63, 3.8) is 0 Å². The first-order valence-corrected chi connectivity index (χ1v) is 10.8. The van der Waals surface area contributed by atoms with Crippen LogP contribution in [0.1, 0.15) is 24.0 Å². The fourth-order valence-electron chi connectivity index (χ4n) is 3.37. The van der Waals surface area contributed by atoms with Gasteiger partial charge < -0.3 is 15.4 Å². The second-order valence-electron chi connectivity index (χ2n) is 7.18. The highest BCUT2D eigenvalue weighted by molar-refractivity contribution is 8.15. The molecule has 1 heterocycles.